The van der Waals surface area contributed by atoms with E-state index in [2.05, 4.69) is 4.99 Å². The van der Waals surface area contributed by atoms with Crippen molar-refractivity contribution in [2.75, 3.05) is 13.7 Å². The fourth-order valence-electron chi connectivity index (χ4n) is 2.49. The van der Waals surface area contributed by atoms with Gasteiger partial charge in [0, 0.05) is 24.7 Å². The highest BCUT2D eigenvalue weighted by molar-refractivity contribution is 7.16. The molecule has 0 saturated heterocycles. The van der Waals surface area contributed by atoms with Crippen LogP contribution < -0.4 is 4.80 Å². The summed E-state index contributed by atoms with van der Waals surface area (Å²) >= 11 is 7.23. The Kier molecular flexibility index (Phi) is 5.46. The van der Waals surface area contributed by atoms with Gasteiger partial charge in [-0.1, -0.05) is 35.1 Å². The largest absolute Gasteiger partial charge is 0.383 e. The van der Waals surface area contributed by atoms with Crippen molar-refractivity contribution in [2.24, 2.45) is 4.99 Å². The Labute approximate surface area is 157 Å². The fourth-order valence-corrected chi connectivity index (χ4v) is 3.72. The first-order chi connectivity index (χ1) is 12.5. The molecule has 0 radical (unpaired) electrons. The molecule has 7 nitrogen and oxygen atoms in total. The summed E-state index contributed by atoms with van der Waals surface area (Å²) in [4.78, 5) is 27.8. The molecule has 0 saturated carbocycles. The molecule has 134 valence electrons. The van der Waals surface area contributed by atoms with Crippen molar-refractivity contribution < 1.29 is 14.5 Å². The maximum absolute atomic E-state index is 12.6. The van der Waals surface area contributed by atoms with Crippen LogP contribution in [-0.2, 0) is 11.3 Å². The molecule has 0 aliphatic rings. The van der Waals surface area contributed by atoms with E-state index in [0.29, 0.717) is 18.0 Å². The van der Waals surface area contributed by atoms with Gasteiger partial charge in [-0.25, -0.2) is 0 Å². The van der Waals surface area contributed by atoms with Crippen molar-refractivity contribution in [3.05, 3.63) is 68.0 Å². The Morgan fingerprint density at radius 1 is 1.35 bits per heavy atom. The lowest BCUT2D eigenvalue weighted by Gasteiger charge is -2.04. The van der Waals surface area contributed by atoms with E-state index in [1.54, 1.807) is 7.11 Å². The summed E-state index contributed by atoms with van der Waals surface area (Å²) < 4.78 is 7.94. The molecule has 1 aromatic heterocycles. The average molecular weight is 392 g/mol. The number of para-hydroxylation sites is 1. The topological polar surface area (TPSA) is 86.7 Å². The van der Waals surface area contributed by atoms with Crippen LogP contribution in [0.15, 0.2) is 47.5 Å². The van der Waals surface area contributed by atoms with E-state index < -0.39 is 10.8 Å². The number of aromatic nitrogens is 1. The van der Waals surface area contributed by atoms with Crippen LogP contribution in [0.2, 0.25) is 5.02 Å². The number of hydrogen-bond acceptors (Lipinski definition) is 5. The summed E-state index contributed by atoms with van der Waals surface area (Å²) in [7, 11) is 1.59. The highest BCUT2D eigenvalue weighted by Gasteiger charge is 2.20. The summed E-state index contributed by atoms with van der Waals surface area (Å²) in [5, 5.41) is 11.4. The lowest BCUT2D eigenvalue weighted by atomic mass is 10.2. The van der Waals surface area contributed by atoms with E-state index >= 15 is 0 Å². The number of carbonyl (C=O) groups is 1. The second-order valence-electron chi connectivity index (χ2n) is 5.33. The van der Waals surface area contributed by atoms with Crippen LogP contribution in [-0.4, -0.2) is 29.1 Å². The summed E-state index contributed by atoms with van der Waals surface area (Å²) in [6.07, 6.45) is 0. The normalized spacial score (nSPS) is 11.8. The second kappa shape index (κ2) is 7.77. The lowest BCUT2D eigenvalue weighted by Crippen LogP contribution is -2.19. The van der Waals surface area contributed by atoms with Crippen LogP contribution in [0.25, 0.3) is 10.2 Å². The number of rotatable bonds is 5. The first kappa shape index (κ1) is 18.2. The predicted octanol–water partition coefficient (Wildman–Crippen LogP) is 3.65. The van der Waals surface area contributed by atoms with Gasteiger partial charge in [-0.05, 0) is 24.3 Å². The van der Waals surface area contributed by atoms with Gasteiger partial charge in [0.2, 0.25) is 0 Å². The van der Waals surface area contributed by atoms with E-state index in [-0.39, 0.29) is 16.3 Å². The van der Waals surface area contributed by atoms with Gasteiger partial charge in [0.15, 0.2) is 4.80 Å². The van der Waals surface area contributed by atoms with E-state index in [1.807, 2.05) is 28.8 Å². The highest BCUT2D eigenvalue weighted by atomic mass is 35.5. The number of thiazole rings is 1. The SMILES string of the molecule is COCCn1c(=NC(=O)c2cc(Cl)ccc2[N+](=O)[O-])sc2ccccc21. The number of benzene rings is 2. The van der Waals surface area contributed by atoms with Crippen molar-refractivity contribution in [1.29, 1.82) is 0 Å². The summed E-state index contributed by atoms with van der Waals surface area (Å²) in [5.41, 5.74) is 0.452. The van der Waals surface area contributed by atoms with Gasteiger partial charge in [0.1, 0.15) is 5.56 Å². The minimum Gasteiger partial charge on any atom is -0.383 e. The zero-order valence-corrected chi connectivity index (χ0v) is 15.3. The van der Waals surface area contributed by atoms with Gasteiger partial charge < -0.3 is 9.30 Å². The maximum Gasteiger partial charge on any atom is 0.286 e. The third-order valence-electron chi connectivity index (χ3n) is 3.69. The average Bonchev–Trinajstić information content (AvgIpc) is 2.96. The number of fused-ring (bicyclic) bond motifs is 1. The Morgan fingerprint density at radius 3 is 2.85 bits per heavy atom. The molecule has 3 aromatic rings. The summed E-state index contributed by atoms with van der Waals surface area (Å²) in [5.74, 6) is -0.711. The number of nitrogens with zero attached hydrogens (tertiary/aromatic N) is 3. The van der Waals surface area contributed by atoms with Crippen molar-refractivity contribution >= 4 is 44.7 Å². The standard InChI is InChI=1S/C17H14ClN3O4S/c1-25-9-8-20-14-4-2-3-5-15(14)26-17(20)19-16(22)12-10-11(18)6-7-13(12)21(23)24/h2-7,10H,8-9H2,1H3. The molecule has 2 aromatic carbocycles. The van der Waals surface area contributed by atoms with Crippen LogP contribution in [0.3, 0.4) is 0 Å². The Bertz CT molecular complexity index is 1060. The first-order valence-corrected chi connectivity index (χ1v) is 8.81. The molecule has 0 N–H and O–H groups in total. The van der Waals surface area contributed by atoms with Gasteiger partial charge in [0.05, 0.1) is 21.7 Å². The van der Waals surface area contributed by atoms with Crippen LogP contribution in [0.4, 0.5) is 5.69 Å². The summed E-state index contributed by atoms with van der Waals surface area (Å²) in [6, 6.07) is 11.5. The van der Waals surface area contributed by atoms with Crippen LogP contribution in [0.1, 0.15) is 10.4 Å². The molecule has 26 heavy (non-hydrogen) atoms. The van der Waals surface area contributed by atoms with Crippen LogP contribution in [0, 0.1) is 10.1 Å². The minimum atomic E-state index is -0.711. The van der Waals surface area contributed by atoms with E-state index in [0.717, 1.165) is 10.2 Å². The molecule has 0 aliphatic heterocycles. The number of nitro groups is 1. The molecular weight excluding hydrogens is 378 g/mol. The van der Waals surface area contributed by atoms with Gasteiger partial charge >= 0.3 is 0 Å². The Balaban J connectivity index is 2.14. The molecule has 1 heterocycles. The van der Waals surface area contributed by atoms with Crippen molar-refractivity contribution in [2.45, 2.75) is 6.54 Å². The third kappa shape index (κ3) is 3.67. The molecule has 0 fully saturated rings. The number of ether oxygens (including phenoxy) is 1. The van der Waals surface area contributed by atoms with Gasteiger partial charge in [0.25, 0.3) is 11.6 Å². The maximum atomic E-state index is 12.6. The molecule has 0 spiro atoms. The molecule has 0 atom stereocenters. The molecule has 3 rings (SSSR count). The van der Waals surface area contributed by atoms with Crippen molar-refractivity contribution in [3.8, 4) is 0 Å². The molecule has 0 unspecified atom stereocenters. The lowest BCUT2D eigenvalue weighted by molar-refractivity contribution is -0.385. The highest BCUT2D eigenvalue weighted by Crippen LogP contribution is 2.24. The zero-order chi connectivity index (χ0) is 18.7. The first-order valence-electron chi connectivity index (χ1n) is 7.61. The number of carbonyl (C=O) groups excluding carboxylic acids is 1. The zero-order valence-electron chi connectivity index (χ0n) is 13.7. The molecule has 1 amide bonds. The second-order valence-corrected chi connectivity index (χ2v) is 6.78. The molecular formula is C17H14ClN3O4S. The van der Waals surface area contributed by atoms with Crippen molar-refractivity contribution in [1.82, 2.24) is 4.57 Å². The molecule has 0 bridgehead atoms. The monoisotopic (exact) mass is 391 g/mol. The van der Waals surface area contributed by atoms with E-state index in [4.69, 9.17) is 16.3 Å². The van der Waals surface area contributed by atoms with Gasteiger partial charge in [-0.2, -0.15) is 4.99 Å². The van der Waals surface area contributed by atoms with Crippen molar-refractivity contribution in [3.63, 3.8) is 0 Å². The Morgan fingerprint density at radius 2 is 2.12 bits per heavy atom. The van der Waals surface area contributed by atoms with Crippen LogP contribution in [0.5, 0.6) is 0 Å². The fraction of sp³-hybridized carbons (Fsp3) is 0.176. The number of halogens is 1. The quantitative estimate of drug-likeness (QED) is 0.490. The smallest absolute Gasteiger partial charge is 0.286 e. The van der Waals surface area contributed by atoms with Crippen LogP contribution >= 0.6 is 22.9 Å². The minimum absolute atomic E-state index is 0.141. The summed E-state index contributed by atoms with van der Waals surface area (Å²) in [6.45, 7) is 0.948. The predicted molar refractivity (Wildman–Crippen MR) is 99.7 cm³/mol. The van der Waals surface area contributed by atoms with Gasteiger partial charge in [-0.3, -0.25) is 14.9 Å². The third-order valence-corrected chi connectivity index (χ3v) is 4.98. The number of amides is 1. The van der Waals surface area contributed by atoms with E-state index in [9.17, 15) is 14.9 Å². The van der Waals surface area contributed by atoms with E-state index in [1.165, 1.54) is 29.5 Å². The van der Waals surface area contributed by atoms with Gasteiger partial charge in [-0.15, -0.1) is 0 Å². The number of nitro benzene ring substituents is 1. The molecule has 9 heteroatoms. The number of methoxy groups -OCH3 is 1. The Hall–Kier alpha value is -2.55. The molecule has 0 aliphatic carbocycles. The number of hydrogen-bond donors (Lipinski definition) is 0.